The molecule has 7 nitrogen and oxygen atoms in total. The van der Waals surface area contributed by atoms with Gasteiger partial charge in [0.1, 0.15) is 4.90 Å². The van der Waals surface area contributed by atoms with Crippen LogP contribution in [0.25, 0.3) is 0 Å². The molecule has 1 heterocycles. The molecule has 0 aliphatic carbocycles. The molecule has 0 N–H and O–H groups in total. The Morgan fingerprint density at radius 1 is 0.919 bits per heavy atom. The maximum atomic E-state index is 13.1. The van der Waals surface area contributed by atoms with Crippen LogP contribution in [0.2, 0.25) is 10.0 Å². The predicted octanol–water partition coefficient (Wildman–Crippen LogP) is 5.04. The van der Waals surface area contributed by atoms with Crippen molar-refractivity contribution in [2.24, 2.45) is 0 Å². The van der Waals surface area contributed by atoms with Crippen molar-refractivity contribution in [3.05, 3.63) is 99.5 Å². The quantitative estimate of drug-likeness (QED) is 0.340. The van der Waals surface area contributed by atoms with Crippen LogP contribution in [0.1, 0.15) is 27.6 Å². The Kier molecular flexibility index (Phi) is 9.23. The SMILES string of the molecule is COC(=O)c1ccc(CO[C@H](CN2CCN(S(=O)(=O)c3ccccc3Cl)CC2)c2ccc(Cl)cc2)cc1. The second-order valence-electron chi connectivity index (χ2n) is 8.67. The number of rotatable bonds is 9. The molecule has 4 rings (SSSR count). The summed E-state index contributed by atoms with van der Waals surface area (Å²) in [5.41, 5.74) is 2.37. The summed E-state index contributed by atoms with van der Waals surface area (Å²) in [6.45, 7) is 2.76. The van der Waals surface area contributed by atoms with E-state index in [1.54, 1.807) is 30.3 Å². The van der Waals surface area contributed by atoms with Crippen LogP contribution in [0.5, 0.6) is 0 Å². The normalized spacial score (nSPS) is 15.9. The molecule has 0 saturated carbocycles. The second-order valence-corrected chi connectivity index (χ2v) is 11.4. The number of esters is 1. The maximum Gasteiger partial charge on any atom is 0.337 e. The van der Waals surface area contributed by atoms with E-state index in [0.29, 0.717) is 49.9 Å². The molecular weight excluding hydrogens is 535 g/mol. The molecule has 3 aromatic rings. The van der Waals surface area contributed by atoms with E-state index in [4.69, 9.17) is 32.7 Å². The summed E-state index contributed by atoms with van der Waals surface area (Å²) in [5, 5.41) is 0.861. The monoisotopic (exact) mass is 562 g/mol. The summed E-state index contributed by atoms with van der Waals surface area (Å²) < 4.78 is 38.7. The lowest BCUT2D eigenvalue weighted by Gasteiger charge is -2.36. The Morgan fingerprint density at radius 2 is 1.57 bits per heavy atom. The summed E-state index contributed by atoms with van der Waals surface area (Å²) in [7, 11) is -2.31. The third kappa shape index (κ3) is 6.90. The lowest BCUT2D eigenvalue weighted by atomic mass is 10.1. The second kappa shape index (κ2) is 12.4. The molecular formula is C27H28Cl2N2O5S. The van der Waals surface area contributed by atoms with Gasteiger partial charge in [-0.1, -0.05) is 59.6 Å². The molecule has 0 bridgehead atoms. The van der Waals surface area contributed by atoms with E-state index >= 15 is 0 Å². The number of benzene rings is 3. The van der Waals surface area contributed by atoms with E-state index in [2.05, 4.69) is 4.90 Å². The molecule has 10 heteroatoms. The minimum atomic E-state index is -3.66. The molecule has 3 aromatic carbocycles. The molecule has 196 valence electrons. The van der Waals surface area contributed by atoms with E-state index < -0.39 is 10.0 Å². The van der Waals surface area contributed by atoms with Gasteiger partial charge in [-0.2, -0.15) is 4.31 Å². The average Bonchev–Trinajstić information content (AvgIpc) is 2.92. The van der Waals surface area contributed by atoms with Gasteiger partial charge in [-0.05, 0) is 47.5 Å². The van der Waals surface area contributed by atoms with Crippen molar-refractivity contribution in [1.82, 2.24) is 9.21 Å². The zero-order chi connectivity index (χ0) is 26.4. The van der Waals surface area contributed by atoms with E-state index in [-0.39, 0.29) is 22.0 Å². The van der Waals surface area contributed by atoms with Gasteiger partial charge >= 0.3 is 5.97 Å². The molecule has 0 radical (unpaired) electrons. The first-order chi connectivity index (χ1) is 17.8. The van der Waals surface area contributed by atoms with E-state index in [0.717, 1.165) is 11.1 Å². The highest BCUT2D eigenvalue weighted by Crippen LogP contribution is 2.27. The molecule has 1 atom stereocenters. The van der Waals surface area contributed by atoms with E-state index in [1.165, 1.54) is 17.5 Å². The Labute approximate surface area is 227 Å². The predicted molar refractivity (Wildman–Crippen MR) is 143 cm³/mol. The van der Waals surface area contributed by atoms with Crippen LogP contribution in [0, 0.1) is 0 Å². The van der Waals surface area contributed by atoms with Crippen LogP contribution in [0.4, 0.5) is 0 Å². The van der Waals surface area contributed by atoms with Gasteiger partial charge in [0, 0.05) is 37.7 Å². The number of hydrogen-bond donors (Lipinski definition) is 0. The van der Waals surface area contributed by atoms with Gasteiger partial charge < -0.3 is 9.47 Å². The van der Waals surface area contributed by atoms with Gasteiger partial charge in [0.15, 0.2) is 0 Å². The fraction of sp³-hybridized carbons (Fsp3) is 0.296. The lowest BCUT2D eigenvalue weighted by molar-refractivity contribution is 0.00771. The molecule has 1 aliphatic heterocycles. The fourth-order valence-corrected chi connectivity index (χ4v) is 6.20. The Morgan fingerprint density at radius 3 is 2.19 bits per heavy atom. The first-order valence-corrected chi connectivity index (χ1v) is 14.0. The number of halogens is 2. The third-order valence-electron chi connectivity index (χ3n) is 6.28. The van der Waals surface area contributed by atoms with Gasteiger partial charge in [0.25, 0.3) is 0 Å². The first kappa shape index (κ1) is 27.6. The molecule has 37 heavy (non-hydrogen) atoms. The minimum Gasteiger partial charge on any atom is -0.465 e. The third-order valence-corrected chi connectivity index (χ3v) is 8.93. The molecule has 1 aliphatic rings. The number of ether oxygens (including phenoxy) is 2. The number of piperazine rings is 1. The molecule has 1 fully saturated rings. The van der Waals surface area contributed by atoms with Crippen molar-refractivity contribution in [2.45, 2.75) is 17.6 Å². The van der Waals surface area contributed by atoms with Crippen LogP contribution < -0.4 is 0 Å². The van der Waals surface area contributed by atoms with Crippen molar-refractivity contribution in [1.29, 1.82) is 0 Å². The first-order valence-electron chi connectivity index (χ1n) is 11.8. The smallest absolute Gasteiger partial charge is 0.337 e. The highest BCUT2D eigenvalue weighted by molar-refractivity contribution is 7.89. The summed E-state index contributed by atoms with van der Waals surface area (Å²) in [5.74, 6) is -0.387. The van der Waals surface area contributed by atoms with Crippen molar-refractivity contribution < 1.29 is 22.7 Å². The number of methoxy groups -OCH3 is 1. The number of carbonyl (C=O) groups excluding carboxylic acids is 1. The lowest BCUT2D eigenvalue weighted by Crippen LogP contribution is -2.49. The van der Waals surface area contributed by atoms with Crippen LogP contribution in [0.15, 0.2) is 77.7 Å². The standard InChI is InChI=1S/C27H28Cl2N2O5S/c1-35-27(32)22-8-6-20(7-9-22)19-36-25(21-10-12-23(28)13-11-21)18-30-14-16-31(17-15-30)37(33,34)26-5-3-2-4-24(26)29/h2-13,25H,14-19H2,1H3/t25-/m1/s1. The van der Waals surface area contributed by atoms with E-state index in [1.807, 2.05) is 36.4 Å². The van der Waals surface area contributed by atoms with Crippen molar-refractivity contribution in [2.75, 3.05) is 39.8 Å². The number of sulfonamides is 1. The van der Waals surface area contributed by atoms with Crippen LogP contribution in [-0.2, 0) is 26.1 Å². The van der Waals surface area contributed by atoms with Gasteiger partial charge in [0.05, 0.1) is 30.4 Å². The fourth-order valence-electron chi connectivity index (χ4n) is 4.16. The topological polar surface area (TPSA) is 76.2 Å². The molecule has 0 spiro atoms. The van der Waals surface area contributed by atoms with Crippen LogP contribution in [0.3, 0.4) is 0 Å². The number of carbonyl (C=O) groups is 1. The largest absolute Gasteiger partial charge is 0.465 e. The summed E-state index contributed by atoms with van der Waals surface area (Å²) >= 11 is 12.2. The Balaban J connectivity index is 1.41. The molecule has 0 unspecified atom stereocenters. The number of hydrogen-bond acceptors (Lipinski definition) is 6. The summed E-state index contributed by atoms with van der Waals surface area (Å²) in [6, 6.07) is 21.1. The maximum absolute atomic E-state index is 13.1. The minimum absolute atomic E-state index is 0.130. The summed E-state index contributed by atoms with van der Waals surface area (Å²) in [6.07, 6.45) is -0.260. The van der Waals surface area contributed by atoms with Crippen molar-refractivity contribution in [3.8, 4) is 0 Å². The Hall–Kier alpha value is -2.46. The molecule has 0 amide bonds. The molecule has 0 aromatic heterocycles. The van der Waals surface area contributed by atoms with Gasteiger partial charge in [-0.25, -0.2) is 13.2 Å². The van der Waals surface area contributed by atoms with Crippen LogP contribution in [-0.4, -0.2) is 63.4 Å². The zero-order valence-corrected chi connectivity index (χ0v) is 22.7. The molecule has 1 saturated heterocycles. The van der Waals surface area contributed by atoms with Crippen LogP contribution >= 0.6 is 23.2 Å². The van der Waals surface area contributed by atoms with Crippen molar-refractivity contribution >= 4 is 39.2 Å². The average molecular weight is 564 g/mol. The van der Waals surface area contributed by atoms with Gasteiger partial charge in [0.2, 0.25) is 10.0 Å². The van der Waals surface area contributed by atoms with Gasteiger partial charge in [-0.3, -0.25) is 4.90 Å². The zero-order valence-electron chi connectivity index (χ0n) is 20.3. The van der Waals surface area contributed by atoms with E-state index in [9.17, 15) is 13.2 Å². The highest BCUT2D eigenvalue weighted by atomic mass is 35.5. The Bertz CT molecular complexity index is 1310. The number of nitrogens with zero attached hydrogens (tertiary/aromatic N) is 2. The van der Waals surface area contributed by atoms with Gasteiger partial charge in [-0.15, -0.1) is 0 Å². The summed E-state index contributed by atoms with van der Waals surface area (Å²) in [4.78, 5) is 14.0. The van der Waals surface area contributed by atoms with Crippen molar-refractivity contribution in [3.63, 3.8) is 0 Å². The highest BCUT2D eigenvalue weighted by Gasteiger charge is 2.31.